The third-order valence-electron chi connectivity index (χ3n) is 7.28. The number of carbonyl (C=O) groups is 1. The van der Waals surface area contributed by atoms with E-state index in [4.69, 9.17) is 9.84 Å². The minimum atomic E-state index is -0.0504. The van der Waals surface area contributed by atoms with Gasteiger partial charge >= 0.3 is 0 Å². The number of fused-ring (bicyclic) bond motifs is 2. The van der Waals surface area contributed by atoms with Crippen molar-refractivity contribution in [3.8, 4) is 22.8 Å². The molecule has 1 atom stereocenters. The van der Waals surface area contributed by atoms with Crippen molar-refractivity contribution in [1.29, 1.82) is 0 Å². The first-order chi connectivity index (χ1) is 18.4. The van der Waals surface area contributed by atoms with Gasteiger partial charge in [0.15, 0.2) is 5.65 Å². The fraction of sp³-hybridized carbons (Fsp3) is 0.276. The lowest BCUT2D eigenvalue weighted by molar-refractivity contribution is -0.127. The van der Waals surface area contributed by atoms with E-state index >= 15 is 0 Å². The number of hydrogen-bond acceptors (Lipinski definition) is 6. The molecule has 38 heavy (non-hydrogen) atoms. The number of hydrogen-bond donors (Lipinski definition) is 0. The summed E-state index contributed by atoms with van der Waals surface area (Å²) in [5.74, 6) is 1.46. The van der Waals surface area contributed by atoms with E-state index in [0.29, 0.717) is 6.54 Å². The molecule has 5 aromatic rings. The van der Waals surface area contributed by atoms with Crippen LogP contribution < -0.4 is 4.74 Å². The minimum absolute atomic E-state index is 0.0309. The van der Waals surface area contributed by atoms with Gasteiger partial charge in [-0.3, -0.25) is 4.79 Å². The molecule has 0 radical (unpaired) electrons. The van der Waals surface area contributed by atoms with Crippen LogP contribution in [0.15, 0.2) is 61.7 Å². The molecule has 1 aliphatic heterocycles. The van der Waals surface area contributed by atoms with Crippen LogP contribution in [0.4, 0.5) is 0 Å². The Kier molecular flexibility index (Phi) is 5.90. The minimum Gasteiger partial charge on any atom is -0.457 e. The maximum absolute atomic E-state index is 12.3. The van der Waals surface area contributed by atoms with E-state index in [1.165, 1.54) is 6.08 Å². The molecule has 192 valence electrons. The van der Waals surface area contributed by atoms with Crippen molar-refractivity contribution in [2.24, 2.45) is 7.05 Å². The third-order valence-corrected chi connectivity index (χ3v) is 7.28. The molecule has 9 nitrogen and oxygen atoms in total. The van der Waals surface area contributed by atoms with Gasteiger partial charge in [0.05, 0.1) is 34.5 Å². The highest BCUT2D eigenvalue weighted by molar-refractivity contribution is 5.93. The number of likely N-dealkylation sites (tertiary alicyclic amines) is 1. The highest BCUT2D eigenvalue weighted by Crippen LogP contribution is 2.35. The van der Waals surface area contributed by atoms with Crippen molar-refractivity contribution in [3.05, 3.63) is 73.0 Å². The standard InChI is InChI=1S/C29H29N7O2/c1-5-26(37)35-12-6-7-21(15-35)36-29-27(19(3)30-16-31-29)28(33-36)20-8-11-25(18(2)13-20)38-22-9-10-24-23(14-22)32-17-34(24)4/h5,8-11,13-14,16-17,21H,1,6-7,12,15H2,2-4H3/t21-/m1/s1. The van der Waals surface area contributed by atoms with Crippen molar-refractivity contribution < 1.29 is 9.53 Å². The summed E-state index contributed by atoms with van der Waals surface area (Å²) in [6, 6.07) is 12.0. The van der Waals surface area contributed by atoms with Crippen molar-refractivity contribution in [2.45, 2.75) is 32.7 Å². The number of piperidine rings is 1. The molecule has 4 heterocycles. The Morgan fingerprint density at radius 3 is 2.82 bits per heavy atom. The smallest absolute Gasteiger partial charge is 0.246 e. The number of aryl methyl sites for hydroxylation is 3. The lowest BCUT2D eigenvalue weighted by Crippen LogP contribution is -2.40. The van der Waals surface area contributed by atoms with Crippen LogP contribution in [0.3, 0.4) is 0 Å². The van der Waals surface area contributed by atoms with Crippen molar-refractivity contribution in [1.82, 2.24) is 34.2 Å². The van der Waals surface area contributed by atoms with E-state index in [1.807, 2.05) is 65.4 Å². The van der Waals surface area contributed by atoms with Gasteiger partial charge in [0.25, 0.3) is 0 Å². The summed E-state index contributed by atoms with van der Waals surface area (Å²) in [6.07, 6.45) is 6.58. The molecule has 0 aliphatic carbocycles. The SMILES string of the molecule is C=CC(=O)N1CCC[C@@H](n2nc(-c3ccc(Oc4ccc5c(c4)ncn5C)c(C)c3)c3c(C)ncnc32)C1. The molecule has 3 aromatic heterocycles. The highest BCUT2D eigenvalue weighted by Gasteiger charge is 2.28. The molecule has 0 unspecified atom stereocenters. The van der Waals surface area contributed by atoms with Crippen molar-refractivity contribution in [3.63, 3.8) is 0 Å². The van der Waals surface area contributed by atoms with Gasteiger partial charge in [0.2, 0.25) is 5.91 Å². The Morgan fingerprint density at radius 1 is 1.13 bits per heavy atom. The molecule has 0 N–H and O–H groups in total. The first-order valence-electron chi connectivity index (χ1n) is 12.7. The Bertz CT molecular complexity index is 1700. The van der Waals surface area contributed by atoms with Crippen LogP contribution in [-0.4, -0.2) is 53.2 Å². The highest BCUT2D eigenvalue weighted by atomic mass is 16.5. The second-order valence-electron chi connectivity index (χ2n) is 9.82. The van der Waals surface area contributed by atoms with Crippen LogP contribution in [0, 0.1) is 13.8 Å². The number of ether oxygens (including phenoxy) is 1. The Morgan fingerprint density at radius 2 is 2.00 bits per heavy atom. The average molecular weight is 508 g/mol. The molecule has 1 amide bonds. The van der Waals surface area contributed by atoms with Gasteiger partial charge in [-0.2, -0.15) is 5.10 Å². The van der Waals surface area contributed by atoms with Crippen molar-refractivity contribution >= 4 is 28.0 Å². The second-order valence-corrected chi connectivity index (χ2v) is 9.82. The fourth-order valence-electron chi connectivity index (χ4n) is 5.27. The summed E-state index contributed by atoms with van der Waals surface area (Å²) in [5.41, 5.74) is 6.38. The monoisotopic (exact) mass is 507 g/mol. The molecule has 0 saturated carbocycles. The van der Waals surface area contributed by atoms with Crippen LogP contribution in [0.25, 0.3) is 33.3 Å². The van der Waals surface area contributed by atoms with Gasteiger partial charge < -0.3 is 14.2 Å². The van der Waals surface area contributed by atoms with Crippen LogP contribution in [0.2, 0.25) is 0 Å². The third kappa shape index (κ3) is 4.09. The molecule has 2 aromatic carbocycles. The lowest BCUT2D eigenvalue weighted by atomic mass is 10.0. The number of benzene rings is 2. The number of rotatable bonds is 5. The number of aromatic nitrogens is 6. The zero-order valence-corrected chi connectivity index (χ0v) is 21.8. The summed E-state index contributed by atoms with van der Waals surface area (Å²) < 4.78 is 10.2. The predicted molar refractivity (Wildman–Crippen MR) is 146 cm³/mol. The van der Waals surface area contributed by atoms with Gasteiger partial charge in [-0.15, -0.1) is 0 Å². The Labute approximate surface area is 220 Å². The van der Waals surface area contributed by atoms with E-state index in [9.17, 15) is 4.79 Å². The zero-order valence-electron chi connectivity index (χ0n) is 21.8. The second kappa shape index (κ2) is 9.41. The summed E-state index contributed by atoms with van der Waals surface area (Å²) >= 11 is 0. The lowest BCUT2D eigenvalue weighted by Gasteiger charge is -2.32. The van der Waals surface area contributed by atoms with Gasteiger partial charge in [0.1, 0.15) is 23.5 Å². The molecule has 0 bridgehead atoms. The normalized spacial score (nSPS) is 15.8. The van der Waals surface area contributed by atoms with Gasteiger partial charge in [0, 0.05) is 31.8 Å². The van der Waals surface area contributed by atoms with E-state index in [0.717, 1.165) is 75.5 Å². The van der Waals surface area contributed by atoms with Crippen LogP contribution >= 0.6 is 0 Å². The molecule has 6 rings (SSSR count). The van der Waals surface area contributed by atoms with E-state index in [-0.39, 0.29) is 11.9 Å². The summed E-state index contributed by atoms with van der Waals surface area (Å²) in [7, 11) is 1.97. The Hall–Kier alpha value is -4.53. The number of imidazole rings is 1. The molecular formula is C29H29N7O2. The molecular weight excluding hydrogens is 478 g/mol. The van der Waals surface area contributed by atoms with E-state index < -0.39 is 0 Å². The molecule has 1 fully saturated rings. The average Bonchev–Trinajstić information content (AvgIpc) is 3.51. The van der Waals surface area contributed by atoms with Crippen LogP contribution in [0.1, 0.15) is 30.1 Å². The molecule has 9 heteroatoms. The van der Waals surface area contributed by atoms with E-state index in [1.54, 1.807) is 12.7 Å². The number of nitrogens with zero attached hydrogens (tertiary/aromatic N) is 7. The molecule has 0 spiro atoms. The number of amides is 1. The molecule has 1 aliphatic rings. The van der Waals surface area contributed by atoms with Gasteiger partial charge in [-0.05, 0) is 68.7 Å². The predicted octanol–water partition coefficient (Wildman–Crippen LogP) is 5.14. The van der Waals surface area contributed by atoms with Crippen LogP contribution in [-0.2, 0) is 11.8 Å². The quantitative estimate of drug-likeness (QED) is 0.306. The summed E-state index contributed by atoms with van der Waals surface area (Å²) in [4.78, 5) is 27.6. The van der Waals surface area contributed by atoms with Gasteiger partial charge in [-0.25, -0.2) is 19.6 Å². The largest absolute Gasteiger partial charge is 0.457 e. The first kappa shape index (κ1) is 23.8. The van der Waals surface area contributed by atoms with Gasteiger partial charge in [-0.1, -0.05) is 6.58 Å². The maximum Gasteiger partial charge on any atom is 0.246 e. The fourth-order valence-corrected chi connectivity index (χ4v) is 5.27. The number of carbonyl (C=O) groups excluding carboxylic acids is 1. The zero-order chi connectivity index (χ0) is 26.4. The first-order valence-corrected chi connectivity index (χ1v) is 12.7. The topological polar surface area (TPSA) is 91.0 Å². The maximum atomic E-state index is 12.3. The van der Waals surface area contributed by atoms with Crippen LogP contribution in [0.5, 0.6) is 11.5 Å². The summed E-state index contributed by atoms with van der Waals surface area (Å²) in [6.45, 7) is 8.96. The van der Waals surface area contributed by atoms with Crippen molar-refractivity contribution in [2.75, 3.05) is 13.1 Å². The molecule has 1 saturated heterocycles. The van der Waals surface area contributed by atoms with E-state index in [2.05, 4.69) is 27.6 Å². The summed E-state index contributed by atoms with van der Waals surface area (Å²) in [5, 5.41) is 5.98. The Balaban J connectivity index is 1.35.